The largest absolute Gasteiger partial charge is 0.378 e. The van der Waals surface area contributed by atoms with Gasteiger partial charge < -0.3 is 19.3 Å². The molecular weight excluding hydrogens is 552 g/mol. The highest BCUT2D eigenvalue weighted by atomic mass is 16.5. The molecule has 0 aromatic heterocycles. The van der Waals surface area contributed by atoms with Gasteiger partial charge in [0.15, 0.2) is 11.6 Å². The fraction of sp³-hybridized carbons (Fsp3) is 0.556. The number of likely N-dealkylation sites (N-methyl/N-ethyl adjacent to an activating group) is 2. The van der Waals surface area contributed by atoms with Crippen LogP contribution in [-0.4, -0.2) is 113 Å². The van der Waals surface area contributed by atoms with Crippen molar-refractivity contribution in [3.8, 4) is 0 Å². The monoisotopic (exact) mass is 604 g/mol. The molecule has 2 aliphatic rings. The van der Waals surface area contributed by atoms with Gasteiger partial charge in [-0.3, -0.25) is 19.4 Å². The molecule has 0 spiro atoms. The Morgan fingerprint density at radius 1 is 0.636 bits per heavy atom. The molecular formula is C36H52N4O4. The van der Waals surface area contributed by atoms with Crippen LogP contribution in [0.2, 0.25) is 0 Å². The first kappa shape index (κ1) is 33.8. The molecule has 0 aliphatic carbocycles. The SMILES string of the molecule is CCC(CC=CCC(CC)(C(=O)c1ccc(N2CCOCC2)cc1)N(C)C)(C(=O)c1ccc(N2CCOCC2)cc1)N(C)C. The van der Waals surface area contributed by atoms with E-state index in [0.717, 1.165) is 75.1 Å². The first-order chi connectivity index (χ1) is 21.2. The topological polar surface area (TPSA) is 65.6 Å². The van der Waals surface area contributed by atoms with E-state index in [1.54, 1.807) is 0 Å². The van der Waals surface area contributed by atoms with Crippen LogP contribution in [0.3, 0.4) is 0 Å². The Kier molecular flexibility index (Phi) is 11.8. The standard InChI is InChI=1S/C36H52N4O4/c1-7-35(37(3)4,33(41)29-11-15-31(16-12-29)39-21-25-43-26-22-39)19-9-10-20-36(8-2,38(5)6)34(42)30-13-17-32(18-14-30)40-23-27-44-28-24-40/h9-18H,7-8,19-28H2,1-6H3. The van der Waals surface area contributed by atoms with Gasteiger partial charge in [0.2, 0.25) is 0 Å². The number of nitrogens with zero attached hydrogens (tertiary/aromatic N) is 4. The lowest BCUT2D eigenvalue weighted by Crippen LogP contribution is -2.51. The molecule has 0 radical (unpaired) electrons. The molecule has 8 heteroatoms. The summed E-state index contributed by atoms with van der Waals surface area (Å²) in [5.41, 5.74) is 2.33. The Labute approximate surface area is 264 Å². The van der Waals surface area contributed by atoms with E-state index in [1.165, 1.54) is 0 Å². The second kappa shape index (κ2) is 15.3. The van der Waals surface area contributed by atoms with Gasteiger partial charge in [0.05, 0.1) is 37.5 Å². The van der Waals surface area contributed by atoms with Crippen LogP contribution >= 0.6 is 0 Å². The highest BCUT2D eigenvalue weighted by Gasteiger charge is 2.40. The van der Waals surface area contributed by atoms with E-state index in [2.05, 4.69) is 69.9 Å². The number of rotatable bonds is 14. The third kappa shape index (κ3) is 7.26. The van der Waals surface area contributed by atoms with Crippen LogP contribution in [0.4, 0.5) is 11.4 Å². The number of hydrogen-bond acceptors (Lipinski definition) is 8. The molecule has 0 N–H and O–H groups in total. The molecule has 2 heterocycles. The van der Waals surface area contributed by atoms with Crippen LogP contribution < -0.4 is 9.80 Å². The van der Waals surface area contributed by atoms with Crippen LogP contribution in [-0.2, 0) is 9.47 Å². The van der Waals surface area contributed by atoms with Crippen molar-refractivity contribution < 1.29 is 19.1 Å². The van der Waals surface area contributed by atoms with E-state index in [1.807, 2.05) is 52.5 Å². The van der Waals surface area contributed by atoms with Crippen molar-refractivity contribution in [2.75, 3.05) is 90.6 Å². The quantitative estimate of drug-likeness (QED) is 0.216. The van der Waals surface area contributed by atoms with E-state index in [4.69, 9.17) is 9.47 Å². The normalized spacial score (nSPS) is 18.9. The Balaban J connectivity index is 1.48. The third-order valence-electron chi connectivity index (χ3n) is 9.82. The molecule has 2 atom stereocenters. The molecule has 0 bridgehead atoms. The van der Waals surface area contributed by atoms with Crippen LogP contribution in [0.15, 0.2) is 60.7 Å². The summed E-state index contributed by atoms with van der Waals surface area (Å²) in [6.07, 6.45) is 6.69. The number of hydrogen-bond donors (Lipinski definition) is 0. The number of Topliss-reactive ketones (excluding diaryl/α,β-unsaturated/α-hetero) is 2. The maximum Gasteiger partial charge on any atom is 0.183 e. The zero-order chi connectivity index (χ0) is 31.7. The van der Waals surface area contributed by atoms with Gasteiger partial charge in [-0.1, -0.05) is 26.0 Å². The van der Waals surface area contributed by atoms with E-state index >= 15 is 0 Å². The molecule has 44 heavy (non-hydrogen) atoms. The molecule has 8 nitrogen and oxygen atoms in total. The van der Waals surface area contributed by atoms with Gasteiger partial charge in [-0.05, 0) is 102 Å². The number of ether oxygens (including phenoxy) is 2. The first-order valence-corrected chi connectivity index (χ1v) is 16.1. The summed E-state index contributed by atoms with van der Waals surface area (Å²) >= 11 is 0. The van der Waals surface area contributed by atoms with Gasteiger partial charge in [-0.25, -0.2) is 0 Å². The minimum atomic E-state index is -0.677. The molecule has 240 valence electrons. The van der Waals surface area contributed by atoms with Gasteiger partial charge in [0, 0.05) is 48.7 Å². The maximum atomic E-state index is 14.0. The second-order valence-electron chi connectivity index (χ2n) is 12.4. The van der Waals surface area contributed by atoms with Crippen molar-refractivity contribution in [3.63, 3.8) is 0 Å². The lowest BCUT2D eigenvalue weighted by molar-refractivity contribution is 0.0658. The van der Waals surface area contributed by atoms with Crippen molar-refractivity contribution in [2.24, 2.45) is 0 Å². The van der Waals surface area contributed by atoms with Crippen LogP contribution in [0.1, 0.15) is 60.2 Å². The maximum absolute atomic E-state index is 14.0. The molecule has 2 aliphatic heterocycles. The van der Waals surface area contributed by atoms with Gasteiger partial charge in [-0.15, -0.1) is 0 Å². The summed E-state index contributed by atoms with van der Waals surface area (Å²) in [5, 5.41) is 0. The lowest BCUT2D eigenvalue weighted by Gasteiger charge is -2.38. The summed E-state index contributed by atoms with van der Waals surface area (Å²) in [6, 6.07) is 16.0. The third-order valence-corrected chi connectivity index (χ3v) is 9.82. The molecule has 2 fully saturated rings. The average molecular weight is 605 g/mol. The Bertz CT molecular complexity index is 1150. The molecule has 2 saturated heterocycles. The Hall–Kier alpha value is -3.04. The summed E-state index contributed by atoms with van der Waals surface area (Å²) in [4.78, 5) is 36.8. The fourth-order valence-electron chi connectivity index (χ4n) is 6.58. The molecule has 4 rings (SSSR count). The van der Waals surface area contributed by atoms with E-state index in [0.29, 0.717) is 25.7 Å². The minimum Gasteiger partial charge on any atom is -0.378 e. The number of carbonyl (C=O) groups is 2. The number of anilines is 2. The van der Waals surface area contributed by atoms with Crippen molar-refractivity contribution in [1.29, 1.82) is 0 Å². The molecule has 2 aromatic carbocycles. The summed E-state index contributed by atoms with van der Waals surface area (Å²) in [5.74, 6) is 0.239. The Morgan fingerprint density at radius 2 is 0.955 bits per heavy atom. The zero-order valence-electron chi connectivity index (χ0n) is 27.7. The van der Waals surface area contributed by atoms with Crippen LogP contribution in [0.5, 0.6) is 0 Å². The van der Waals surface area contributed by atoms with Gasteiger partial charge >= 0.3 is 0 Å². The predicted octanol–water partition coefficient (Wildman–Crippen LogP) is 5.18. The summed E-state index contributed by atoms with van der Waals surface area (Å²) < 4.78 is 11.0. The molecule has 0 saturated carbocycles. The Morgan fingerprint density at radius 3 is 1.23 bits per heavy atom. The molecule has 0 amide bonds. The predicted molar refractivity (Wildman–Crippen MR) is 179 cm³/mol. The average Bonchev–Trinajstić information content (AvgIpc) is 3.07. The molecule has 2 unspecified atom stereocenters. The highest BCUT2D eigenvalue weighted by Crippen LogP contribution is 2.31. The zero-order valence-corrected chi connectivity index (χ0v) is 27.7. The smallest absolute Gasteiger partial charge is 0.183 e. The van der Waals surface area contributed by atoms with E-state index in [9.17, 15) is 9.59 Å². The van der Waals surface area contributed by atoms with Crippen molar-refractivity contribution >= 4 is 22.9 Å². The van der Waals surface area contributed by atoms with Gasteiger partial charge in [-0.2, -0.15) is 0 Å². The lowest BCUT2D eigenvalue weighted by atomic mass is 9.80. The van der Waals surface area contributed by atoms with Crippen molar-refractivity contribution in [2.45, 2.75) is 50.6 Å². The van der Waals surface area contributed by atoms with E-state index < -0.39 is 11.1 Å². The number of benzene rings is 2. The second-order valence-corrected chi connectivity index (χ2v) is 12.4. The van der Waals surface area contributed by atoms with Crippen LogP contribution in [0, 0.1) is 0 Å². The van der Waals surface area contributed by atoms with Crippen LogP contribution in [0.25, 0.3) is 0 Å². The van der Waals surface area contributed by atoms with Gasteiger partial charge in [0.25, 0.3) is 0 Å². The summed E-state index contributed by atoms with van der Waals surface area (Å²) in [6.45, 7) is 10.5. The first-order valence-electron chi connectivity index (χ1n) is 16.1. The summed E-state index contributed by atoms with van der Waals surface area (Å²) in [7, 11) is 7.93. The number of morpholine rings is 2. The van der Waals surface area contributed by atoms with E-state index in [-0.39, 0.29) is 11.6 Å². The molecule has 2 aromatic rings. The van der Waals surface area contributed by atoms with Crippen molar-refractivity contribution in [1.82, 2.24) is 9.80 Å². The highest BCUT2D eigenvalue weighted by molar-refractivity contribution is 6.04. The number of carbonyl (C=O) groups excluding carboxylic acids is 2. The number of ketones is 2. The van der Waals surface area contributed by atoms with Crippen molar-refractivity contribution in [3.05, 3.63) is 71.8 Å². The fourth-order valence-corrected chi connectivity index (χ4v) is 6.58. The van der Waals surface area contributed by atoms with Gasteiger partial charge in [0.1, 0.15) is 0 Å². The minimum absolute atomic E-state index is 0.119.